The van der Waals surface area contributed by atoms with Crippen LogP contribution in [0.5, 0.6) is 11.5 Å². The van der Waals surface area contributed by atoms with Crippen molar-refractivity contribution in [3.8, 4) is 17.6 Å². The molecule has 11 heteroatoms. The summed E-state index contributed by atoms with van der Waals surface area (Å²) in [7, 11) is -3.44. The van der Waals surface area contributed by atoms with Crippen LogP contribution < -0.4 is 14.2 Å². The number of alkyl halides is 1. The molecule has 0 bridgehead atoms. The van der Waals surface area contributed by atoms with E-state index in [2.05, 4.69) is 20.8 Å². The van der Waals surface area contributed by atoms with E-state index in [1.54, 1.807) is 12.1 Å². The molecule has 0 fully saturated rings. The number of rotatable bonds is 10. The normalized spacial score (nSPS) is 11.5. The number of ether oxygens (including phenoxy) is 2. The summed E-state index contributed by atoms with van der Waals surface area (Å²) in [5, 5.41) is 9.93. The summed E-state index contributed by atoms with van der Waals surface area (Å²) in [5.41, 5.74) is 1.72. The van der Waals surface area contributed by atoms with Crippen molar-refractivity contribution < 1.29 is 17.9 Å². The highest BCUT2D eigenvalue weighted by Gasteiger charge is 2.26. The molecule has 0 unspecified atom stereocenters. The highest BCUT2D eigenvalue weighted by Crippen LogP contribution is 2.38. The molecule has 0 aliphatic heterocycles. The van der Waals surface area contributed by atoms with Crippen LogP contribution in [0.1, 0.15) is 36.4 Å². The average Bonchev–Trinajstić information content (AvgIpc) is 2.81. The number of hydrogen-bond donors (Lipinski definition) is 1. The van der Waals surface area contributed by atoms with Gasteiger partial charge in [0.25, 0.3) is 0 Å². The van der Waals surface area contributed by atoms with E-state index in [9.17, 15) is 13.7 Å². The minimum atomic E-state index is -3.44. The molecule has 8 nitrogen and oxygen atoms in total. The molecule has 184 valence electrons. The second-order valence-corrected chi connectivity index (χ2v) is 10.7. The molecule has 1 aromatic heterocycles. The number of benzene rings is 2. The van der Waals surface area contributed by atoms with Crippen molar-refractivity contribution in [3.63, 3.8) is 0 Å². The van der Waals surface area contributed by atoms with Crippen molar-refractivity contribution in [2.45, 2.75) is 25.9 Å². The lowest BCUT2D eigenvalue weighted by molar-refractivity contribution is 0.296. The van der Waals surface area contributed by atoms with E-state index in [1.165, 1.54) is 12.3 Å². The maximum Gasteiger partial charge on any atom is 0.230 e. The van der Waals surface area contributed by atoms with Gasteiger partial charge in [-0.2, -0.15) is 5.26 Å². The second kappa shape index (κ2) is 11.1. The minimum absolute atomic E-state index is 0.0624. The van der Waals surface area contributed by atoms with Crippen LogP contribution in [0.15, 0.2) is 48.7 Å². The van der Waals surface area contributed by atoms with Gasteiger partial charge in [0.05, 0.1) is 22.7 Å². The van der Waals surface area contributed by atoms with Gasteiger partial charge in [-0.15, -0.1) is 11.6 Å². The van der Waals surface area contributed by atoms with Gasteiger partial charge in [-0.3, -0.25) is 4.72 Å². The molecule has 0 aliphatic rings. The van der Waals surface area contributed by atoms with Gasteiger partial charge in [0.1, 0.15) is 30.9 Å². The van der Waals surface area contributed by atoms with Crippen LogP contribution in [-0.2, 0) is 22.0 Å². The maximum absolute atomic E-state index is 11.4. The Bertz CT molecular complexity index is 1340. The number of aromatic nitrogens is 2. The van der Waals surface area contributed by atoms with Crippen molar-refractivity contribution in [1.29, 1.82) is 5.26 Å². The highest BCUT2D eigenvalue weighted by atomic mass is 35.5. The highest BCUT2D eigenvalue weighted by molar-refractivity contribution is 7.92. The summed E-state index contributed by atoms with van der Waals surface area (Å²) < 4.78 is 36.4. The van der Waals surface area contributed by atoms with Gasteiger partial charge < -0.3 is 9.47 Å². The Labute approximate surface area is 214 Å². The van der Waals surface area contributed by atoms with Crippen LogP contribution in [-0.4, -0.2) is 37.1 Å². The smallest absolute Gasteiger partial charge is 0.230 e. The lowest BCUT2D eigenvalue weighted by Crippen LogP contribution is -2.19. The van der Waals surface area contributed by atoms with Crippen molar-refractivity contribution >= 4 is 39.0 Å². The quantitative estimate of drug-likeness (QED) is 0.368. The standard InChI is InChI=1S/C24H24Cl2N4O4S/c1-24(2,18-12-16(14-27)23(20(26)13-18)33-11-9-25)17-4-6-19(7-5-17)34-15-22-28-10-8-21(29-22)30-35(3,31)32/h4-8,10,12-13H,9,11,15H2,1-3H3,(H,28,29,30). The molecule has 0 saturated heterocycles. The molecule has 1 heterocycles. The molecule has 1 N–H and O–H groups in total. The summed E-state index contributed by atoms with van der Waals surface area (Å²) in [6.07, 6.45) is 2.50. The van der Waals surface area contributed by atoms with Crippen LogP contribution >= 0.6 is 23.2 Å². The zero-order valence-corrected chi connectivity index (χ0v) is 21.7. The first kappa shape index (κ1) is 26.5. The summed E-state index contributed by atoms with van der Waals surface area (Å²) in [4.78, 5) is 8.24. The van der Waals surface area contributed by atoms with E-state index in [1.807, 2.05) is 38.1 Å². The van der Waals surface area contributed by atoms with Gasteiger partial charge in [0, 0.05) is 11.6 Å². The van der Waals surface area contributed by atoms with E-state index < -0.39 is 15.4 Å². The van der Waals surface area contributed by atoms with E-state index in [-0.39, 0.29) is 24.9 Å². The number of nitrogens with one attached hydrogen (secondary N) is 1. The fourth-order valence-corrected chi connectivity index (χ4v) is 4.17. The molecular weight excluding hydrogens is 511 g/mol. The Hall–Kier alpha value is -3.06. The molecule has 35 heavy (non-hydrogen) atoms. The first-order valence-electron chi connectivity index (χ1n) is 10.5. The predicted octanol–water partition coefficient (Wildman–Crippen LogP) is 4.90. The number of halogens is 2. The molecular formula is C24H24Cl2N4O4S. The summed E-state index contributed by atoms with van der Waals surface area (Å²) in [6, 6.07) is 14.7. The lowest BCUT2D eigenvalue weighted by Gasteiger charge is -2.27. The summed E-state index contributed by atoms with van der Waals surface area (Å²) >= 11 is 12.1. The van der Waals surface area contributed by atoms with Crippen LogP contribution in [0.4, 0.5) is 5.82 Å². The largest absolute Gasteiger partial charge is 0.489 e. The predicted molar refractivity (Wildman–Crippen MR) is 136 cm³/mol. The number of nitriles is 1. The molecule has 0 amide bonds. The molecule has 0 saturated carbocycles. The Balaban J connectivity index is 1.75. The average molecular weight is 535 g/mol. The molecule has 0 spiro atoms. The van der Waals surface area contributed by atoms with Crippen LogP contribution in [0.25, 0.3) is 0 Å². The Kier molecular flexibility index (Phi) is 8.43. The monoisotopic (exact) mass is 534 g/mol. The third-order valence-electron chi connectivity index (χ3n) is 5.15. The Morgan fingerprint density at radius 1 is 1.11 bits per heavy atom. The Morgan fingerprint density at radius 3 is 2.46 bits per heavy atom. The van der Waals surface area contributed by atoms with Crippen LogP contribution in [0, 0.1) is 11.3 Å². The SMILES string of the molecule is CC(C)(c1ccc(OCc2nccc(NS(C)(=O)=O)n2)cc1)c1cc(Cl)c(OCCCl)c(C#N)c1. The zero-order chi connectivity index (χ0) is 25.6. The molecule has 0 aliphatic carbocycles. The van der Waals surface area contributed by atoms with Crippen molar-refractivity contribution in [2.24, 2.45) is 0 Å². The van der Waals surface area contributed by atoms with E-state index in [0.29, 0.717) is 27.9 Å². The zero-order valence-electron chi connectivity index (χ0n) is 19.4. The van der Waals surface area contributed by atoms with Gasteiger partial charge in [0.15, 0.2) is 11.6 Å². The number of hydrogen-bond acceptors (Lipinski definition) is 7. The number of anilines is 1. The van der Waals surface area contributed by atoms with Gasteiger partial charge in [0.2, 0.25) is 10.0 Å². The third-order valence-corrected chi connectivity index (χ3v) is 6.16. The molecule has 3 rings (SSSR count). The van der Waals surface area contributed by atoms with E-state index in [0.717, 1.165) is 17.4 Å². The van der Waals surface area contributed by atoms with E-state index >= 15 is 0 Å². The first-order valence-corrected chi connectivity index (χ1v) is 13.3. The third kappa shape index (κ3) is 6.98. The molecule has 3 aromatic rings. The van der Waals surface area contributed by atoms with Crippen molar-refractivity contribution in [2.75, 3.05) is 23.5 Å². The fraction of sp³-hybridized carbons (Fsp3) is 0.292. The minimum Gasteiger partial charge on any atom is -0.489 e. The van der Waals surface area contributed by atoms with Gasteiger partial charge in [-0.1, -0.05) is 37.6 Å². The van der Waals surface area contributed by atoms with Gasteiger partial charge >= 0.3 is 0 Å². The second-order valence-electron chi connectivity index (χ2n) is 8.15. The van der Waals surface area contributed by atoms with Crippen molar-refractivity contribution in [3.05, 3.63) is 76.2 Å². The molecule has 0 atom stereocenters. The molecule has 0 radical (unpaired) electrons. The Morgan fingerprint density at radius 2 is 1.83 bits per heavy atom. The maximum atomic E-state index is 11.4. The van der Waals surface area contributed by atoms with Gasteiger partial charge in [-0.25, -0.2) is 18.4 Å². The van der Waals surface area contributed by atoms with Crippen molar-refractivity contribution in [1.82, 2.24) is 9.97 Å². The summed E-state index contributed by atoms with van der Waals surface area (Å²) in [6.45, 7) is 4.38. The lowest BCUT2D eigenvalue weighted by atomic mass is 9.77. The topological polar surface area (TPSA) is 114 Å². The summed E-state index contributed by atoms with van der Waals surface area (Å²) in [5.74, 6) is 1.72. The van der Waals surface area contributed by atoms with Crippen LogP contribution in [0.2, 0.25) is 5.02 Å². The molecule has 2 aromatic carbocycles. The first-order chi connectivity index (χ1) is 16.5. The number of nitrogens with zero attached hydrogens (tertiary/aromatic N) is 3. The fourth-order valence-electron chi connectivity index (χ4n) is 3.32. The van der Waals surface area contributed by atoms with Crippen LogP contribution in [0.3, 0.4) is 0 Å². The van der Waals surface area contributed by atoms with Gasteiger partial charge in [-0.05, 0) is 41.5 Å². The number of sulfonamides is 1. The van der Waals surface area contributed by atoms with E-state index in [4.69, 9.17) is 32.7 Å².